The third kappa shape index (κ3) is 4.68. The van der Waals surface area contributed by atoms with Gasteiger partial charge in [0.05, 0.1) is 5.92 Å². The number of carbonyl (C=O) groups is 2. The molecule has 0 aliphatic carbocycles. The molecule has 0 spiro atoms. The van der Waals surface area contributed by atoms with Gasteiger partial charge in [-0.1, -0.05) is 18.6 Å². The number of aliphatic hydroxyl groups excluding tert-OH is 3. The molecular weight excluding hydrogens is 386 g/mol. The molecule has 0 aromatic heterocycles. The largest absolute Gasteiger partial charge is 0.508 e. The van der Waals surface area contributed by atoms with Crippen LogP contribution in [0.2, 0.25) is 0 Å². The summed E-state index contributed by atoms with van der Waals surface area (Å²) in [6.45, 7) is 0.709. The van der Waals surface area contributed by atoms with E-state index in [0.717, 1.165) is 12.8 Å². The van der Waals surface area contributed by atoms with Gasteiger partial charge in [-0.3, -0.25) is 4.79 Å². The smallest absolute Gasteiger partial charge is 0.335 e. The second-order valence-electron chi connectivity index (χ2n) is 7.30. The quantitative estimate of drug-likeness (QED) is 0.333. The fourth-order valence-corrected chi connectivity index (χ4v) is 3.71. The van der Waals surface area contributed by atoms with Gasteiger partial charge < -0.3 is 40.3 Å². The number of ether oxygens (including phenoxy) is 2. The zero-order valence-corrected chi connectivity index (χ0v) is 15.5. The molecule has 2 aliphatic heterocycles. The summed E-state index contributed by atoms with van der Waals surface area (Å²) in [6, 6.07) is 5.76. The van der Waals surface area contributed by atoms with Crippen LogP contribution in [0.1, 0.15) is 30.7 Å². The number of aliphatic carboxylic acids is 1. The van der Waals surface area contributed by atoms with E-state index in [1.54, 1.807) is 12.1 Å². The summed E-state index contributed by atoms with van der Waals surface area (Å²) in [5, 5.41) is 51.7. The Hall–Kier alpha value is -2.24. The summed E-state index contributed by atoms with van der Waals surface area (Å²) < 4.78 is 10.3. The van der Waals surface area contributed by atoms with Gasteiger partial charge in [-0.25, -0.2) is 4.79 Å². The maximum absolute atomic E-state index is 13.0. The number of carboxylic acids is 1. The Morgan fingerprint density at radius 2 is 1.76 bits per heavy atom. The molecule has 6 N–H and O–H groups in total. The molecule has 1 aromatic rings. The first kappa shape index (κ1) is 21.5. The molecule has 0 amide bonds. The molecule has 2 aliphatic rings. The molecule has 7 atom stereocenters. The standard InChI is InChI=1S/C19H25NO9/c21-10-6-4-9(5-7-10)12(11-3-1-2-8-20-11)18(27)29-19-15(24)13(22)14(23)16(28-19)17(25)26/h4-7,11-16,19-24H,1-3,8H2,(H,25,26)/t11-,12-,13-,14-,15+,16-,19-/m0/s1. The van der Waals surface area contributed by atoms with Gasteiger partial charge in [-0.05, 0) is 37.1 Å². The molecule has 0 radical (unpaired) electrons. The molecular formula is C19H25NO9. The van der Waals surface area contributed by atoms with E-state index in [2.05, 4.69) is 5.32 Å². The van der Waals surface area contributed by atoms with Gasteiger partial charge in [0.1, 0.15) is 24.1 Å². The van der Waals surface area contributed by atoms with Crippen LogP contribution >= 0.6 is 0 Å². The lowest BCUT2D eigenvalue weighted by molar-refractivity contribution is -0.287. The summed E-state index contributed by atoms with van der Waals surface area (Å²) in [5.41, 5.74) is 0.563. The van der Waals surface area contributed by atoms with Crippen molar-refractivity contribution in [1.29, 1.82) is 0 Å². The minimum absolute atomic E-state index is 0.0323. The summed E-state index contributed by atoms with van der Waals surface area (Å²) in [7, 11) is 0. The Balaban J connectivity index is 1.81. The van der Waals surface area contributed by atoms with Gasteiger partial charge in [0.2, 0.25) is 6.29 Å². The molecule has 10 heteroatoms. The minimum atomic E-state index is -1.87. The van der Waals surface area contributed by atoms with Gasteiger partial charge in [0.15, 0.2) is 6.10 Å². The van der Waals surface area contributed by atoms with E-state index < -0.39 is 48.6 Å². The number of piperidine rings is 1. The molecule has 29 heavy (non-hydrogen) atoms. The lowest BCUT2D eigenvalue weighted by Gasteiger charge is -2.39. The maximum atomic E-state index is 13.0. The van der Waals surface area contributed by atoms with Gasteiger partial charge in [0.25, 0.3) is 0 Å². The number of carbonyl (C=O) groups excluding carboxylic acids is 1. The van der Waals surface area contributed by atoms with Crippen LogP contribution in [0, 0.1) is 0 Å². The zero-order chi connectivity index (χ0) is 21.1. The number of benzene rings is 1. The van der Waals surface area contributed by atoms with Crippen LogP contribution in [0.3, 0.4) is 0 Å². The van der Waals surface area contributed by atoms with Crippen LogP contribution in [0.5, 0.6) is 5.75 Å². The number of phenols is 1. The van der Waals surface area contributed by atoms with Crippen LogP contribution in [0.25, 0.3) is 0 Å². The molecule has 2 fully saturated rings. The predicted molar refractivity (Wildman–Crippen MR) is 96.9 cm³/mol. The first-order valence-corrected chi connectivity index (χ1v) is 9.45. The maximum Gasteiger partial charge on any atom is 0.335 e. The molecule has 0 bridgehead atoms. The Labute approximate surface area is 166 Å². The summed E-state index contributed by atoms with van der Waals surface area (Å²) in [6.07, 6.45) is -6.61. The Bertz CT molecular complexity index is 719. The highest BCUT2D eigenvalue weighted by atomic mass is 16.7. The topological polar surface area (TPSA) is 166 Å². The first-order chi connectivity index (χ1) is 13.8. The van der Waals surface area contributed by atoms with E-state index in [4.69, 9.17) is 14.6 Å². The van der Waals surface area contributed by atoms with Crippen molar-refractivity contribution in [3.8, 4) is 5.75 Å². The SMILES string of the molecule is O=C(O)[C@H]1O[C@@H](OC(=O)[C@@H](c2ccc(O)cc2)[C@@H]2CCCCN2)[C@H](O)[C@@H](O)[C@@H]1O. The van der Waals surface area contributed by atoms with Crippen LogP contribution in [0.15, 0.2) is 24.3 Å². The fourth-order valence-electron chi connectivity index (χ4n) is 3.71. The van der Waals surface area contributed by atoms with Crippen LogP contribution < -0.4 is 5.32 Å². The molecule has 2 heterocycles. The summed E-state index contributed by atoms with van der Waals surface area (Å²) in [4.78, 5) is 24.2. The number of aliphatic hydroxyl groups is 3. The third-order valence-electron chi connectivity index (χ3n) is 5.30. The van der Waals surface area contributed by atoms with E-state index in [9.17, 15) is 30.0 Å². The molecule has 160 valence electrons. The number of aromatic hydroxyl groups is 1. The van der Waals surface area contributed by atoms with E-state index in [-0.39, 0.29) is 11.8 Å². The highest BCUT2D eigenvalue weighted by molar-refractivity contribution is 5.79. The fraction of sp³-hybridized carbons (Fsp3) is 0.579. The monoisotopic (exact) mass is 411 g/mol. The number of carboxylic acid groups (broad SMARTS) is 1. The van der Waals surface area contributed by atoms with Crippen molar-refractivity contribution < 1.29 is 44.6 Å². The average molecular weight is 411 g/mol. The van der Waals surface area contributed by atoms with Gasteiger partial charge >= 0.3 is 11.9 Å². The van der Waals surface area contributed by atoms with Crippen molar-refractivity contribution >= 4 is 11.9 Å². The first-order valence-electron chi connectivity index (χ1n) is 9.45. The van der Waals surface area contributed by atoms with E-state index in [1.807, 2.05) is 0 Å². The number of rotatable bonds is 5. The molecule has 3 rings (SSSR count). The number of nitrogens with one attached hydrogen (secondary N) is 1. The average Bonchev–Trinajstić information content (AvgIpc) is 2.70. The predicted octanol–water partition coefficient (Wildman–Crippen LogP) is -0.947. The van der Waals surface area contributed by atoms with E-state index >= 15 is 0 Å². The molecule has 10 nitrogen and oxygen atoms in total. The Morgan fingerprint density at radius 3 is 2.34 bits per heavy atom. The van der Waals surface area contributed by atoms with E-state index in [1.165, 1.54) is 12.1 Å². The van der Waals surface area contributed by atoms with Crippen molar-refractivity contribution in [2.45, 2.75) is 61.9 Å². The van der Waals surface area contributed by atoms with Crippen molar-refractivity contribution in [1.82, 2.24) is 5.32 Å². The highest BCUT2D eigenvalue weighted by Gasteiger charge is 2.49. The lowest BCUT2D eigenvalue weighted by Crippen LogP contribution is -2.61. The number of hydrogen-bond acceptors (Lipinski definition) is 9. The van der Waals surface area contributed by atoms with Crippen LogP contribution in [-0.2, 0) is 19.1 Å². The third-order valence-corrected chi connectivity index (χ3v) is 5.30. The Kier molecular flexibility index (Phi) is 6.70. The second-order valence-corrected chi connectivity index (χ2v) is 7.30. The number of phenolic OH excluding ortho intramolecular Hbond substituents is 1. The normalized spacial score (nSPS) is 33.6. The molecule has 0 saturated carbocycles. The number of esters is 1. The summed E-state index contributed by atoms with van der Waals surface area (Å²) >= 11 is 0. The molecule has 2 saturated heterocycles. The lowest BCUT2D eigenvalue weighted by atomic mass is 9.86. The van der Waals surface area contributed by atoms with Crippen molar-refractivity contribution in [2.24, 2.45) is 0 Å². The van der Waals surface area contributed by atoms with Crippen molar-refractivity contribution in [3.63, 3.8) is 0 Å². The second kappa shape index (κ2) is 9.06. The van der Waals surface area contributed by atoms with Gasteiger partial charge in [-0.2, -0.15) is 0 Å². The zero-order valence-electron chi connectivity index (χ0n) is 15.5. The van der Waals surface area contributed by atoms with Crippen molar-refractivity contribution in [3.05, 3.63) is 29.8 Å². The molecule has 1 aromatic carbocycles. The minimum Gasteiger partial charge on any atom is -0.508 e. The van der Waals surface area contributed by atoms with E-state index in [0.29, 0.717) is 18.5 Å². The van der Waals surface area contributed by atoms with Crippen molar-refractivity contribution in [2.75, 3.05) is 6.54 Å². The summed E-state index contributed by atoms with van der Waals surface area (Å²) in [5.74, 6) is -3.12. The Morgan fingerprint density at radius 1 is 1.07 bits per heavy atom. The highest BCUT2D eigenvalue weighted by Crippen LogP contribution is 2.30. The number of hydrogen-bond donors (Lipinski definition) is 6. The van der Waals surface area contributed by atoms with Gasteiger partial charge in [-0.15, -0.1) is 0 Å². The van der Waals surface area contributed by atoms with Crippen LogP contribution in [-0.4, -0.2) is 80.8 Å². The molecule has 0 unspecified atom stereocenters. The van der Waals surface area contributed by atoms with Crippen LogP contribution in [0.4, 0.5) is 0 Å². The van der Waals surface area contributed by atoms with Gasteiger partial charge in [0, 0.05) is 6.04 Å².